The van der Waals surface area contributed by atoms with Gasteiger partial charge in [-0.25, -0.2) is 0 Å². The topological polar surface area (TPSA) is 26.0 Å². The Morgan fingerprint density at radius 2 is 2.31 bits per heavy atom. The van der Waals surface area contributed by atoms with Gasteiger partial charge in [0, 0.05) is 20.7 Å². The van der Waals surface area contributed by atoms with Gasteiger partial charge in [0.2, 0.25) is 0 Å². The first-order chi connectivity index (χ1) is 6.22. The number of hydrogen-bond acceptors (Lipinski definition) is 2. The minimum absolute atomic E-state index is 0.211. The fourth-order valence-corrected chi connectivity index (χ4v) is 3.30. The van der Waals surface area contributed by atoms with Gasteiger partial charge in [-0.15, -0.1) is 11.8 Å². The molecule has 1 nitrogen and oxygen atoms in total. The Morgan fingerprint density at radius 3 is 3.00 bits per heavy atom. The number of nitrogens with two attached hydrogens (primary N) is 1. The Kier molecular flexibility index (Phi) is 2.67. The van der Waals surface area contributed by atoms with Crippen LogP contribution >= 0.6 is 27.7 Å². The highest BCUT2D eigenvalue weighted by Gasteiger charge is 2.28. The molecular weight excluding hydrogens is 246 g/mol. The quantitative estimate of drug-likeness (QED) is 0.836. The van der Waals surface area contributed by atoms with Crippen LogP contribution < -0.4 is 5.73 Å². The van der Waals surface area contributed by atoms with Crippen LogP contribution in [0.15, 0.2) is 27.6 Å². The minimum atomic E-state index is 0.211. The van der Waals surface area contributed by atoms with E-state index in [9.17, 15) is 0 Å². The van der Waals surface area contributed by atoms with Gasteiger partial charge in [0.15, 0.2) is 0 Å². The summed E-state index contributed by atoms with van der Waals surface area (Å²) in [5.41, 5.74) is 7.43. The standard InChI is InChI=1S/C10H12BrNS/c1-2-8-10(12)7-5-6(11)3-4-9(7)13-8/h3-5,8,10H,2,12H2,1H3. The van der Waals surface area contributed by atoms with E-state index in [0.717, 1.165) is 10.9 Å². The normalized spacial score (nSPS) is 26.1. The number of hydrogen-bond donors (Lipinski definition) is 1. The molecule has 2 rings (SSSR count). The Labute approximate surface area is 91.2 Å². The Hall–Kier alpha value is 0.01000. The lowest BCUT2D eigenvalue weighted by molar-refractivity contribution is 0.666. The molecule has 1 aromatic carbocycles. The Balaban J connectivity index is 2.39. The van der Waals surface area contributed by atoms with Crippen LogP contribution in [0.4, 0.5) is 0 Å². The van der Waals surface area contributed by atoms with Crippen molar-refractivity contribution < 1.29 is 0 Å². The zero-order chi connectivity index (χ0) is 9.42. The smallest absolute Gasteiger partial charge is 0.0430 e. The number of fused-ring (bicyclic) bond motifs is 1. The molecule has 3 heteroatoms. The number of benzene rings is 1. The molecule has 1 aliphatic rings. The van der Waals surface area contributed by atoms with Crippen LogP contribution in [0.3, 0.4) is 0 Å². The first-order valence-electron chi connectivity index (χ1n) is 4.44. The van der Waals surface area contributed by atoms with Crippen LogP contribution in [0.5, 0.6) is 0 Å². The van der Waals surface area contributed by atoms with E-state index < -0.39 is 0 Å². The van der Waals surface area contributed by atoms with Crippen molar-refractivity contribution in [3.63, 3.8) is 0 Å². The molecule has 0 fully saturated rings. The van der Waals surface area contributed by atoms with E-state index in [2.05, 4.69) is 41.1 Å². The minimum Gasteiger partial charge on any atom is -0.323 e. The molecule has 1 aliphatic heterocycles. The van der Waals surface area contributed by atoms with Crippen LogP contribution in [-0.2, 0) is 0 Å². The summed E-state index contributed by atoms with van der Waals surface area (Å²) in [5.74, 6) is 0. The van der Waals surface area contributed by atoms with Crippen molar-refractivity contribution in [2.24, 2.45) is 5.73 Å². The average molecular weight is 258 g/mol. The third-order valence-corrected chi connectivity index (χ3v) is 4.46. The Bertz CT molecular complexity index is 327. The van der Waals surface area contributed by atoms with Gasteiger partial charge >= 0.3 is 0 Å². The van der Waals surface area contributed by atoms with Crippen LogP contribution in [-0.4, -0.2) is 5.25 Å². The van der Waals surface area contributed by atoms with Gasteiger partial charge < -0.3 is 5.73 Å². The van der Waals surface area contributed by atoms with Crippen molar-refractivity contribution in [3.05, 3.63) is 28.2 Å². The average Bonchev–Trinajstić information content (AvgIpc) is 2.44. The molecule has 0 saturated carbocycles. The number of rotatable bonds is 1. The summed E-state index contributed by atoms with van der Waals surface area (Å²) in [6, 6.07) is 6.58. The number of thioether (sulfide) groups is 1. The van der Waals surface area contributed by atoms with Gasteiger partial charge in [0.25, 0.3) is 0 Å². The second-order valence-corrected chi connectivity index (χ2v) is 5.47. The maximum Gasteiger partial charge on any atom is 0.0430 e. The molecule has 0 radical (unpaired) electrons. The second-order valence-electron chi connectivity index (χ2n) is 3.27. The maximum atomic E-state index is 6.13. The molecule has 0 aliphatic carbocycles. The SMILES string of the molecule is CCC1Sc2ccc(Br)cc2C1N. The van der Waals surface area contributed by atoms with Crippen molar-refractivity contribution in [1.82, 2.24) is 0 Å². The van der Waals surface area contributed by atoms with E-state index in [1.165, 1.54) is 10.5 Å². The van der Waals surface area contributed by atoms with Crippen LogP contribution in [0, 0.1) is 0 Å². The van der Waals surface area contributed by atoms with Crippen molar-refractivity contribution >= 4 is 27.7 Å². The van der Waals surface area contributed by atoms with E-state index in [4.69, 9.17) is 5.73 Å². The molecule has 0 bridgehead atoms. The van der Waals surface area contributed by atoms with Crippen molar-refractivity contribution in [3.8, 4) is 0 Å². The highest BCUT2D eigenvalue weighted by atomic mass is 79.9. The molecule has 2 N–H and O–H groups in total. The van der Waals surface area contributed by atoms with Crippen LogP contribution in [0.2, 0.25) is 0 Å². The Morgan fingerprint density at radius 1 is 1.54 bits per heavy atom. The second kappa shape index (κ2) is 3.64. The first kappa shape index (κ1) is 9.56. The predicted molar refractivity (Wildman–Crippen MR) is 61.0 cm³/mol. The van der Waals surface area contributed by atoms with Crippen LogP contribution in [0.25, 0.3) is 0 Å². The summed E-state index contributed by atoms with van der Waals surface area (Å²) in [6.07, 6.45) is 1.14. The van der Waals surface area contributed by atoms with Gasteiger partial charge in [-0.05, 0) is 30.2 Å². The molecule has 0 spiro atoms. The molecular formula is C10H12BrNS. The molecule has 0 aromatic heterocycles. The maximum absolute atomic E-state index is 6.13. The lowest BCUT2D eigenvalue weighted by atomic mass is 10.0. The van der Waals surface area contributed by atoms with E-state index >= 15 is 0 Å². The largest absolute Gasteiger partial charge is 0.323 e. The predicted octanol–water partition coefficient (Wildman–Crippen LogP) is 3.33. The fourth-order valence-electron chi connectivity index (χ4n) is 1.66. The molecule has 2 unspecified atom stereocenters. The third-order valence-electron chi connectivity index (χ3n) is 2.41. The fraction of sp³-hybridized carbons (Fsp3) is 0.400. The van der Waals surface area contributed by atoms with Crippen LogP contribution in [0.1, 0.15) is 24.9 Å². The zero-order valence-corrected chi connectivity index (χ0v) is 9.86. The van der Waals surface area contributed by atoms with Gasteiger partial charge in [0.05, 0.1) is 0 Å². The zero-order valence-electron chi connectivity index (χ0n) is 7.46. The summed E-state index contributed by atoms with van der Waals surface area (Å²) in [7, 11) is 0. The summed E-state index contributed by atoms with van der Waals surface area (Å²) in [4.78, 5) is 1.35. The molecule has 1 heterocycles. The lowest BCUT2D eigenvalue weighted by Crippen LogP contribution is -2.18. The van der Waals surface area contributed by atoms with Gasteiger partial charge in [-0.3, -0.25) is 0 Å². The first-order valence-corrected chi connectivity index (χ1v) is 6.11. The van der Waals surface area contributed by atoms with E-state index in [0.29, 0.717) is 5.25 Å². The van der Waals surface area contributed by atoms with E-state index in [1.54, 1.807) is 0 Å². The van der Waals surface area contributed by atoms with E-state index in [1.807, 2.05) is 11.8 Å². The van der Waals surface area contributed by atoms with Crippen molar-refractivity contribution in [2.45, 2.75) is 29.5 Å². The van der Waals surface area contributed by atoms with Crippen molar-refractivity contribution in [2.75, 3.05) is 0 Å². The van der Waals surface area contributed by atoms with E-state index in [-0.39, 0.29) is 6.04 Å². The summed E-state index contributed by atoms with van der Waals surface area (Å²) < 4.78 is 1.12. The summed E-state index contributed by atoms with van der Waals surface area (Å²) in [5, 5.41) is 0.560. The third kappa shape index (κ3) is 1.65. The van der Waals surface area contributed by atoms with Gasteiger partial charge in [0.1, 0.15) is 0 Å². The molecule has 70 valence electrons. The summed E-state index contributed by atoms with van der Waals surface area (Å²) >= 11 is 5.38. The lowest BCUT2D eigenvalue weighted by Gasteiger charge is -2.11. The van der Waals surface area contributed by atoms with Crippen molar-refractivity contribution in [1.29, 1.82) is 0 Å². The molecule has 0 saturated heterocycles. The monoisotopic (exact) mass is 257 g/mol. The highest BCUT2D eigenvalue weighted by molar-refractivity contribution is 9.10. The molecule has 0 amide bonds. The number of halogens is 1. The van der Waals surface area contributed by atoms with Gasteiger partial charge in [-0.2, -0.15) is 0 Å². The highest BCUT2D eigenvalue weighted by Crippen LogP contribution is 2.44. The van der Waals surface area contributed by atoms with Gasteiger partial charge in [-0.1, -0.05) is 22.9 Å². The molecule has 2 atom stereocenters. The molecule has 13 heavy (non-hydrogen) atoms. The summed E-state index contributed by atoms with van der Waals surface area (Å²) in [6.45, 7) is 2.19. The molecule has 1 aromatic rings.